The Labute approximate surface area is 131 Å². The Kier molecular flexibility index (Phi) is 4.12. The van der Waals surface area contributed by atoms with Crippen LogP contribution in [0.1, 0.15) is 63.9 Å². The van der Waals surface area contributed by atoms with Crippen LogP contribution in [0.5, 0.6) is 5.75 Å². The summed E-state index contributed by atoms with van der Waals surface area (Å²) in [7, 11) is 0. The minimum Gasteiger partial charge on any atom is -0.489 e. The molecule has 1 aromatic rings. The van der Waals surface area contributed by atoms with Crippen LogP contribution in [0.15, 0.2) is 24.3 Å². The summed E-state index contributed by atoms with van der Waals surface area (Å²) in [5, 5.41) is 0. The fourth-order valence-corrected chi connectivity index (χ4v) is 4.99. The van der Waals surface area contributed by atoms with Crippen molar-refractivity contribution < 1.29 is 4.74 Å². The fourth-order valence-electron chi connectivity index (χ4n) is 3.90. The van der Waals surface area contributed by atoms with Gasteiger partial charge in [0, 0.05) is 10.2 Å². The molecule has 1 nitrogen and oxygen atoms in total. The predicted molar refractivity (Wildman–Crippen MR) is 87.8 cm³/mol. The Bertz CT molecular complexity index is 464. The highest BCUT2D eigenvalue weighted by Gasteiger charge is 2.56. The number of hydrogen-bond acceptors (Lipinski definition) is 1. The molecule has 2 saturated carbocycles. The van der Waals surface area contributed by atoms with Crippen molar-refractivity contribution in [1.82, 2.24) is 0 Å². The summed E-state index contributed by atoms with van der Waals surface area (Å²) in [6.45, 7) is 4.54. The molecule has 0 aromatic heterocycles. The van der Waals surface area contributed by atoms with E-state index in [2.05, 4.69) is 54.0 Å². The van der Waals surface area contributed by atoms with E-state index in [9.17, 15) is 0 Å². The van der Waals surface area contributed by atoms with Gasteiger partial charge in [0.05, 0.1) is 0 Å². The minimum atomic E-state index is 0.416. The number of rotatable bonds is 4. The molecule has 2 fully saturated rings. The molecule has 3 atom stereocenters. The number of benzene rings is 1. The predicted octanol–water partition coefficient (Wildman–Crippen LogP) is 5.68. The van der Waals surface area contributed by atoms with Crippen molar-refractivity contribution in [2.24, 2.45) is 5.41 Å². The summed E-state index contributed by atoms with van der Waals surface area (Å²) in [5.41, 5.74) is 1.80. The van der Waals surface area contributed by atoms with Crippen LogP contribution in [0.4, 0.5) is 0 Å². The van der Waals surface area contributed by atoms with Gasteiger partial charge in [0.2, 0.25) is 0 Å². The maximum atomic E-state index is 6.48. The molecule has 0 bridgehead atoms. The second kappa shape index (κ2) is 5.71. The summed E-state index contributed by atoms with van der Waals surface area (Å²) >= 11 is 3.88. The zero-order valence-corrected chi connectivity index (χ0v) is 14.2. The molecule has 2 heteroatoms. The molecule has 2 aliphatic carbocycles. The van der Waals surface area contributed by atoms with E-state index in [1.807, 2.05) is 0 Å². The maximum absolute atomic E-state index is 6.48. The van der Waals surface area contributed by atoms with Crippen molar-refractivity contribution in [3.8, 4) is 5.75 Å². The maximum Gasteiger partial charge on any atom is 0.123 e. The van der Waals surface area contributed by atoms with E-state index < -0.39 is 0 Å². The van der Waals surface area contributed by atoms with Crippen molar-refractivity contribution in [3.05, 3.63) is 29.8 Å². The third-order valence-corrected chi connectivity index (χ3v) is 6.84. The quantitative estimate of drug-likeness (QED) is 0.643. The Morgan fingerprint density at radius 1 is 1.30 bits per heavy atom. The first-order chi connectivity index (χ1) is 9.67. The van der Waals surface area contributed by atoms with Crippen LogP contribution in [0.3, 0.4) is 0 Å². The molecule has 110 valence electrons. The summed E-state index contributed by atoms with van der Waals surface area (Å²) in [6, 6.07) is 8.63. The third-order valence-electron chi connectivity index (χ3n) is 5.55. The number of ether oxygens (including phenoxy) is 1. The van der Waals surface area contributed by atoms with E-state index in [-0.39, 0.29) is 0 Å². The molecule has 0 aliphatic heterocycles. The average molecular weight is 337 g/mol. The molecule has 0 heterocycles. The highest BCUT2D eigenvalue weighted by Crippen LogP contribution is 2.58. The molecule has 20 heavy (non-hydrogen) atoms. The number of halogens is 1. The van der Waals surface area contributed by atoms with Gasteiger partial charge >= 0.3 is 0 Å². The van der Waals surface area contributed by atoms with E-state index in [0.717, 1.165) is 18.6 Å². The van der Waals surface area contributed by atoms with Gasteiger partial charge in [-0.15, -0.1) is 0 Å². The van der Waals surface area contributed by atoms with Crippen LogP contribution < -0.4 is 4.74 Å². The molecule has 0 N–H and O–H groups in total. The lowest BCUT2D eigenvalue weighted by atomic mass is 9.64. The lowest BCUT2D eigenvalue weighted by Gasteiger charge is -2.51. The highest BCUT2D eigenvalue weighted by atomic mass is 79.9. The van der Waals surface area contributed by atoms with Gasteiger partial charge < -0.3 is 4.74 Å². The Morgan fingerprint density at radius 3 is 2.65 bits per heavy atom. The lowest BCUT2D eigenvalue weighted by molar-refractivity contribution is -0.0310. The number of hydrogen-bond donors (Lipinski definition) is 0. The molecular formula is C18H25BrO. The van der Waals surface area contributed by atoms with Gasteiger partial charge in [-0.1, -0.05) is 60.8 Å². The van der Waals surface area contributed by atoms with Gasteiger partial charge in [0.15, 0.2) is 0 Å². The van der Waals surface area contributed by atoms with Crippen LogP contribution in [0, 0.1) is 5.41 Å². The van der Waals surface area contributed by atoms with Crippen LogP contribution in [0.2, 0.25) is 0 Å². The molecule has 0 saturated heterocycles. The van der Waals surface area contributed by atoms with Crippen LogP contribution in [0.25, 0.3) is 0 Å². The molecule has 3 rings (SSSR count). The fraction of sp³-hybridized carbons (Fsp3) is 0.667. The van der Waals surface area contributed by atoms with Crippen molar-refractivity contribution in [3.63, 3.8) is 0 Å². The highest BCUT2D eigenvalue weighted by molar-refractivity contribution is 9.09. The van der Waals surface area contributed by atoms with Gasteiger partial charge in [-0.2, -0.15) is 0 Å². The van der Waals surface area contributed by atoms with Crippen LogP contribution in [-0.2, 0) is 0 Å². The van der Waals surface area contributed by atoms with Gasteiger partial charge in [-0.05, 0) is 43.2 Å². The van der Waals surface area contributed by atoms with Crippen molar-refractivity contribution in [2.75, 3.05) is 0 Å². The van der Waals surface area contributed by atoms with Crippen molar-refractivity contribution >= 4 is 15.9 Å². The summed E-state index contributed by atoms with van der Waals surface area (Å²) < 4.78 is 6.48. The largest absolute Gasteiger partial charge is 0.489 e. The van der Waals surface area contributed by atoms with E-state index >= 15 is 0 Å². The van der Waals surface area contributed by atoms with Crippen molar-refractivity contribution in [2.45, 2.75) is 69.2 Å². The zero-order chi connectivity index (χ0) is 14.2. The first-order valence-electron chi connectivity index (χ1n) is 8.07. The van der Waals surface area contributed by atoms with Gasteiger partial charge in [0.25, 0.3) is 0 Å². The number of para-hydroxylation sites is 1. The third kappa shape index (κ3) is 2.30. The van der Waals surface area contributed by atoms with E-state index in [1.54, 1.807) is 0 Å². The van der Waals surface area contributed by atoms with E-state index in [1.165, 1.54) is 31.2 Å². The van der Waals surface area contributed by atoms with Gasteiger partial charge in [-0.3, -0.25) is 0 Å². The summed E-state index contributed by atoms with van der Waals surface area (Å²) in [5.74, 6) is 1.70. The average Bonchev–Trinajstić information content (AvgIpc) is 2.99. The molecule has 0 radical (unpaired) electrons. The van der Waals surface area contributed by atoms with Crippen LogP contribution >= 0.6 is 15.9 Å². The molecular weight excluding hydrogens is 312 g/mol. The molecule has 3 unspecified atom stereocenters. The minimum absolute atomic E-state index is 0.416. The Balaban J connectivity index is 1.79. The second-order valence-electron chi connectivity index (χ2n) is 6.60. The van der Waals surface area contributed by atoms with Gasteiger partial charge in [-0.25, -0.2) is 0 Å². The second-order valence-corrected chi connectivity index (χ2v) is 7.70. The van der Waals surface area contributed by atoms with E-state index in [4.69, 9.17) is 4.74 Å². The molecule has 0 amide bonds. The Morgan fingerprint density at radius 2 is 2.00 bits per heavy atom. The molecule has 1 aromatic carbocycles. The lowest BCUT2D eigenvalue weighted by Crippen LogP contribution is -2.55. The first-order valence-corrected chi connectivity index (χ1v) is 8.98. The normalized spacial score (nSPS) is 29.1. The zero-order valence-electron chi connectivity index (χ0n) is 12.6. The molecule has 1 spiro atoms. The Hall–Kier alpha value is -0.500. The first kappa shape index (κ1) is 14.4. The number of alkyl halides is 1. The summed E-state index contributed by atoms with van der Waals surface area (Å²) in [4.78, 5) is 0.665. The SMILES string of the molecule is CCC(C)c1ccccc1OC1CC(Br)C12CCCC2. The van der Waals surface area contributed by atoms with Gasteiger partial charge in [0.1, 0.15) is 11.9 Å². The van der Waals surface area contributed by atoms with Crippen molar-refractivity contribution in [1.29, 1.82) is 0 Å². The van der Waals surface area contributed by atoms with Crippen LogP contribution in [-0.4, -0.2) is 10.9 Å². The molecule has 2 aliphatic rings. The summed E-state index contributed by atoms with van der Waals surface area (Å²) in [6.07, 6.45) is 8.15. The monoisotopic (exact) mass is 336 g/mol. The van der Waals surface area contributed by atoms with E-state index in [0.29, 0.717) is 22.3 Å². The smallest absolute Gasteiger partial charge is 0.123 e. The topological polar surface area (TPSA) is 9.23 Å². The standard InChI is InChI=1S/C18H25BrO/c1-3-13(2)14-8-4-5-9-15(14)20-17-12-16(19)18(17)10-6-7-11-18/h4-5,8-9,13,16-17H,3,6-7,10-12H2,1-2H3.